The van der Waals surface area contributed by atoms with E-state index in [0.29, 0.717) is 27.6 Å². The van der Waals surface area contributed by atoms with Crippen molar-refractivity contribution in [2.75, 3.05) is 7.11 Å². The molecule has 0 radical (unpaired) electrons. The second kappa shape index (κ2) is 6.27. The van der Waals surface area contributed by atoms with Crippen LogP contribution in [0.5, 0.6) is 11.5 Å². The fourth-order valence-corrected chi connectivity index (χ4v) is 1.82. The Labute approximate surface area is 121 Å². The van der Waals surface area contributed by atoms with Gasteiger partial charge in [-0.25, -0.2) is 4.39 Å². The summed E-state index contributed by atoms with van der Waals surface area (Å²) in [5.74, 6) is 0.529. The van der Waals surface area contributed by atoms with Gasteiger partial charge < -0.3 is 9.47 Å². The Balaban J connectivity index is 2.09. The second-order valence-electron chi connectivity index (χ2n) is 4.00. The first kappa shape index (κ1) is 14.2. The summed E-state index contributed by atoms with van der Waals surface area (Å²) in [4.78, 5) is 0. The van der Waals surface area contributed by atoms with Crippen LogP contribution in [-0.2, 0) is 6.61 Å². The molecule has 102 valence electrons. The second-order valence-corrected chi connectivity index (χ2v) is 4.41. The predicted molar refractivity (Wildman–Crippen MR) is 73.5 cm³/mol. The van der Waals surface area contributed by atoms with E-state index in [1.807, 2.05) is 6.07 Å². The van der Waals surface area contributed by atoms with Crippen LogP contribution in [0.1, 0.15) is 11.1 Å². The van der Waals surface area contributed by atoms with Gasteiger partial charge in [-0.15, -0.1) is 0 Å². The van der Waals surface area contributed by atoms with Crippen LogP contribution in [0.4, 0.5) is 4.39 Å². The Bertz CT molecular complexity index is 667. The van der Waals surface area contributed by atoms with Crippen molar-refractivity contribution in [3.63, 3.8) is 0 Å². The number of nitrogens with zero attached hydrogens (tertiary/aromatic N) is 1. The van der Waals surface area contributed by atoms with Crippen molar-refractivity contribution < 1.29 is 13.9 Å². The van der Waals surface area contributed by atoms with Crippen molar-refractivity contribution in [3.05, 3.63) is 58.4 Å². The summed E-state index contributed by atoms with van der Waals surface area (Å²) in [6.45, 7) is 0.0675. The first-order chi connectivity index (χ1) is 9.63. The highest BCUT2D eigenvalue weighted by Gasteiger charge is 2.06. The Morgan fingerprint density at radius 3 is 2.55 bits per heavy atom. The highest BCUT2D eigenvalue weighted by atomic mass is 35.5. The Hall–Kier alpha value is -2.25. The Morgan fingerprint density at radius 1 is 1.20 bits per heavy atom. The monoisotopic (exact) mass is 291 g/mol. The third-order valence-electron chi connectivity index (χ3n) is 2.72. The van der Waals surface area contributed by atoms with E-state index in [2.05, 4.69) is 0 Å². The summed E-state index contributed by atoms with van der Waals surface area (Å²) in [6, 6.07) is 11.2. The van der Waals surface area contributed by atoms with Gasteiger partial charge >= 0.3 is 0 Å². The number of halogens is 2. The Kier molecular flexibility index (Phi) is 4.44. The van der Waals surface area contributed by atoms with Crippen LogP contribution < -0.4 is 9.47 Å². The highest BCUT2D eigenvalue weighted by Crippen LogP contribution is 2.23. The van der Waals surface area contributed by atoms with Crippen LogP contribution in [0, 0.1) is 17.1 Å². The first-order valence-electron chi connectivity index (χ1n) is 5.79. The lowest BCUT2D eigenvalue weighted by Crippen LogP contribution is -1.99. The summed E-state index contributed by atoms with van der Waals surface area (Å²) >= 11 is 5.89. The maximum absolute atomic E-state index is 13.7. The molecule has 0 amide bonds. The van der Waals surface area contributed by atoms with Gasteiger partial charge in [0.15, 0.2) is 0 Å². The molecule has 20 heavy (non-hydrogen) atoms. The van der Waals surface area contributed by atoms with E-state index < -0.39 is 5.82 Å². The number of methoxy groups -OCH3 is 1. The largest absolute Gasteiger partial charge is 0.497 e. The van der Waals surface area contributed by atoms with Gasteiger partial charge in [0, 0.05) is 17.7 Å². The lowest BCUT2D eigenvalue weighted by atomic mass is 10.2. The fraction of sp³-hybridized carbons (Fsp3) is 0.133. The molecule has 0 aromatic heterocycles. The van der Waals surface area contributed by atoms with E-state index in [-0.39, 0.29) is 6.61 Å². The summed E-state index contributed by atoms with van der Waals surface area (Å²) < 4.78 is 24.1. The molecule has 2 aromatic carbocycles. The lowest BCUT2D eigenvalue weighted by molar-refractivity contribution is 0.299. The minimum absolute atomic E-state index is 0.0675. The molecule has 0 unspecified atom stereocenters. The van der Waals surface area contributed by atoms with E-state index in [0.717, 1.165) is 0 Å². The van der Waals surface area contributed by atoms with Gasteiger partial charge in [-0.3, -0.25) is 0 Å². The lowest BCUT2D eigenvalue weighted by Gasteiger charge is -2.09. The van der Waals surface area contributed by atoms with Crippen LogP contribution in [0.2, 0.25) is 5.02 Å². The van der Waals surface area contributed by atoms with Crippen LogP contribution in [-0.4, -0.2) is 7.11 Å². The topological polar surface area (TPSA) is 42.2 Å². The number of ether oxygens (including phenoxy) is 2. The Morgan fingerprint density at radius 2 is 1.95 bits per heavy atom. The number of nitriles is 1. The molecule has 2 aromatic rings. The number of benzene rings is 2. The van der Waals surface area contributed by atoms with Gasteiger partial charge in [0.05, 0.1) is 17.7 Å². The van der Waals surface area contributed by atoms with Crippen molar-refractivity contribution in [2.24, 2.45) is 0 Å². The van der Waals surface area contributed by atoms with Crippen LogP contribution in [0.25, 0.3) is 0 Å². The van der Waals surface area contributed by atoms with E-state index in [1.54, 1.807) is 24.3 Å². The van der Waals surface area contributed by atoms with Crippen molar-refractivity contribution in [3.8, 4) is 17.6 Å². The molecule has 0 aliphatic heterocycles. The molecule has 0 N–H and O–H groups in total. The predicted octanol–water partition coefficient (Wildman–Crippen LogP) is 3.94. The number of rotatable bonds is 4. The average molecular weight is 292 g/mol. The van der Waals surface area contributed by atoms with Gasteiger partial charge in [0.1, 0.15) is 30.0 Å². The maximum atomic E-state index is 13.7. The molecule has 3 nitrogen and oxygen atoms in total. The molecule has 0 saturated heterocycles. The van der Waals surface area contributed by atoms with Crippen LogP contribution >= 0.6 is 11.6 Å². The van der Waals surface area contributed by atoms with Crippen molar-refractivity contribution >= 4 is 11.6 Å². The maximum Gasteiger partial charge on any atom is 0.133 e. The minimum atomic E-state index is -0.399. The van der Waals surface area contributed by atoms with E-state index in [4.69, 9.17) is 26.3 Å². The van der Waals surface area contributed by atoms with Gasteiger partial charge in [0.2, 0.25) is 0 Å². The summed E-state index contributed by atoms with van der Waals surface area (Å²) in [6.07, 6.45) is 0. The van der Waals surface area contributed by atoms with Crippen molar-refractivity contribution in [1.29, 1.82) is 5.26 Å². The molecule has 5 heteroatoms. The van der Waals surface area contributed by atoms with E-state index >= 15 is 0 Å². The number of hydrogen-bond acceptors (Lipinski definition) is 3. The minimum Gasteiger partial charge on any atom is -0.497 e. The molecule has 0 bridgehead atoms. The van der Waals surface area contributed by atoms with Gasteiger partial charge in [-0.1, -0.05) is 11.6 Å². The van der Waals surface area contributed by atoms with Gasteiger partial charge in [-0.05, 0) is 24.3 Å². The molecule has 0 saturated carbocycles. The van der Waals surface area contributed by atoms with Crippen LogP contribution in [0.15, 0.2) is 36.4 Å². The van der Waals surface area contributed by atoms with E-state index in [1.165, 1.54) is 19.2 Å². The zero-order valence-electron chi connectivity index (χ0n) is 10.7. The standard InChI is InChI=1S/C15H11ClFNO2/c1-19-12-4-3-11(15(17)7-12)9-20-13-5-2-10(8-18)14(16)6-13/h2-7H,9H2,1H3. The average Bonchev–Trinajstić information content (AvgIpc) is 2.46. The van der Waals surface area contributed by atoms with E-state index in [9.17, 15) is 4.39 Å². The molecule has 0 fully saturated rings. The highest BCUT2D eigenvalue weighted by molar-refractivity contribution is 6.31. The smallest absolute Gasteiger partial charge is 0.133 e. The summed E-state index contributed by atoms with van der Waals surface area (Å²) in [5, 5.41) is 9.07. The summed E-state index contributed by atoms with van der Waals surface area (Å²) in [5.41, 5.74) is 0.779. The van der Waals surface area contributed by atoms with Crippen molar-refractivity contribution in [2.45, 2.75) is 6.61 Å². The van der Waals surface area contributed by atoms with Gasteiger partial charge in [0.25, 0.3) is 0 Å². The molecule has 0 heterocycles. The molecule has 0 aliphatic rings. The third-order valence-corrected chi connectivity index (χ3v) is 3.03. The zero-order chi connectivity index (χ0) is 14.5. The molecular formula is C15H11ClFNO2. The SMILES string of the molecule is COc1ccc(COc2ccc(C#N)c(Cl)c2)c(F)c1. The molecule has 0 aliphatic carbocycles. The third kappa shape index (κ3) is 3.19. The fourth-order valence-electron chi connectivity index (χ4n) is 1.61. The number of hydrogen-bond donors (Lipinski definition) is 0. The first-order valence-corrected chi connectivity index (χ1v) is 6.16. The quantitative estimate of drug-likeness (QED) is 0.857. The summed E-state index contributed by atoms with van der Waals surface area (Å²) in [7, 11) is 1.48. The normalized spacial score (nSPS) is 9.90. The van der Waals surface area contributed by atoms with Crippen LogP contribution in [0.3, 0.4) is 0 Å². The van der Waals surface area contributed by atoms with Crippen molar-refractivity contribution in [1.82, 2.24) is 0 Å². The molecule has 2 rings (SSSR count). The van der Waals surface area contributed by atoms with Gasteiger partial charge in [-0.2, -0.15) is 5.26 Å². The molecule has 0 spiro atoms. The molecule has 0 atom stereocenters. The molecular weight excluding hydrogens is 281 g/mol. The zero-order valence-corrected chi connectivity index (χ0v) is 11.4.